The molecule has 0 aliphatic rings. The Balaban J connectivity index is 1.79. The number of amides is 1. The van der Waals surface area contributed by atoms with Crippen LogP contribution < -0.4 is 5.32 Å². The molecule has 0 radical (unpaired) electrons. The molecular formula is C16H19N3OS2. The summed E-state index contributed by atoms with van der Waals surface area (Å²) < 4.78 is 0.838. The SMILES string of the molecule is C=CCSc1nnc(NC(=O)CCc2ccc(CC)cc2)s1. The zero-order valence-electron chi connectivity index (χ0n) is 12.5. The number of rotatable bonds is 8. The van der Waals surface area contributed by atoms with Gasteiger partial charge in [0.15, 0.2) is 4.34 Å². The number of thioether (sulfide) groups is 1. The smallest absolute Gasteiger partial charge is 0.226 e. The van der Waals surface area contributed by atoms with Crippen LogP contribution in [0, 0.1) is 0 Å². The van der Waals surface area contributed by atoms with Gasteiger partial charge in [-0.1, -0.05) is 60.4 Å². The minimum Gasteiger partial charge on any atom is -0.300 e. The van der Waals surface area contributed by atoms with Crippen LogP contribution >= 0.6 is 23.1 Å². The predicted molar refractivity (Wildman–Crippen MR) is 93.6 cm³/mol. The van der Waals surface area contributed by atoms with Gasteiger partial charge in [-0.3, -0.25) is 4.79 Å². The third-order valence-corrected chi connectivity index (χ3v) is 5.02. The molecule has 0 atom stereocenters. The number of aromatic nitrogens is 2. The summed E-state index contributed by atoms with van der Waals surface area (Å²) >= 11 is 2.95. The number of carbonyl (C=O) groups is 1. The van der Waals surface area contributed by atoms with Crippen molar-refractivity contribution in [2.24, 2.45) is 0 Å². The molecule has 0 saturated carbocycles. The maximum atomic E-state index is 11.9. The summed E-state index contributed by atoms with van der Waals surface area (Å²) in [6, 6.07) is 8.39. The number of aryl methyl sites for hydroxylation is 2. The van der Waals surface area contributed by atoms with Gasteiger partial charge in [0.25, 0.3) is 0 Å². The van der Waals surface area contributed by atoms with E-state index >= 15 is 0 Å². The number of carbonyl (C=O) groups excluding carboxylic acids is 1. The van der Waals surface area contributed by atoms with Crippen LogP contribution in [0.4, 0.5) is 5.13 Å². The lowest BCUT2D eigenvalue weighted by atomic mass is 10.1. The van der Waals surface area contributed by atoms with E-state index in [1.165, 1.54) is 22.5 Å². The van der Waals surface area contributed by atoms with Gasteiger partial charge in [-0.15, -0.1) is 16.8 Å². The van der Waals surface area contributed by atoms with E-state index in [0.717, 1.165) is 22.9 Å². The highest BCUT2D eigenvalue weighted by Gasteiger charge is 2.08. The Labute approximate surface area is 139 Å². The minimum absolute atomic E-state index is 0.0315. The van der Waals surface area contributed by atoms with Crippen LogP contribution in [0.3, 0.4) is 0 Å². The number of nitrogens with zero attached hydrogens (tertiary/aromatic N) is 2. The molecule has 0 saturated heterocycles. The maximum absolute atomic E-state index is 11.9. The largest absolute Gasteiger partial charge is 0.300 e. The second-order valence-electron chi connectivity index (χ2n) is 4.69. The Kier molecular flexibility index (Phi) is 6.61. The Morgan fingerprint density at radius 1 is 1.32 bits per heavy atom. The van der Waals surface area contributed by atoms with Crippen LogP contribution in [0.15, 0.2) is 41.3 Å². The van der Waals surface area contributed by atoms with Crippen molar-refractivity contribution in [3.63, 3.8) is 0 Å². The van der Waals surface area contributed by atoms with Gasteiger partial charge < -0.3 is 5.32 Å². The summed E-state index contributed by atoms with van der Waals surface area (Å²) in [6.45, 7) is 5.79. The van der Waals surface area contributed by atoms with Crippen molar-refractivity contribution in [1.82, 2.24) is 10.2 Å². The third-order valence-electron chi connectivity index (χ3n) is 3.05. The Morgan fingerprint density at radius 3 is 2.73 bits per heavy atom. The van der Waals surface area contributed by atoms with E-state index in [4.69, 9.17) is 0 Å². The molecule has 0 fully saturated rings. The van der Waals surface area contributed by atoms with Crippen LogP contribution in [0.5, 0.6) is 0 Å². The van der Waals surface area contributed by atoms with Crippen LogP contribution in [-0.4, -0.2) is 21.9 Å². The van der Waals surface area contributed by atoms with E-state index in [-0.39, 0.29) is 5.91 Å². The second kappa shape index (κ2) is 8.70. The Hall–Kier alpha value is -1.66. The molecule has 0 bridgehead atoms. The molecule has 116 valence electrons. The zero-order chi connectivity index (χ0) is 15.8. The molecule has 0 unspecified atom stereocenters. The molecular weight excluding hydrogens is 314 g/mol. The topological polar surface area (TPSA) is 54.9 Å². The first-order valence-electron chi connectivity index (χ1n) is 7.16. The lowest BCUT2D eigenvalue weighted by Crippen LogP contribution is -2.12. The fourth-order valence-corrected chi connectivity index (χ4v) is 3.36. The van der Waals surface area contributed by atoms with Crippen LogP contribution in [0.2, 0.25) is 0 Å². The molecule has 1 N–H and O–H groups in total. The highest BCUT2D eigenvalue weighted by Crippen LogP contribution is 2.25. The maximum Gasteiger partial charge on any atom is 0.226 e. The Bertz CT molecular complexity index is 623. The summed E-state index contributed by atoms with van der Waals surface area (Å²) in [6.07, 6.45) is 4.02. The van der Waals surface area contributed by atoms with E-state index in [0.29, 0.717) is 11.6 Å². The average Bonchev–Trinajstić information content (AvgIpc) is 2.98. The zero-order valence-corrected chi connectivity index (χ0v) is 14.2. The quantitative estimate of drug-likeness (QED) is 0.451. The molecule has 22 heavy (non-hydrogen) atoms. The second-order valence-corrected chi connectivity index (χ2v) is 6.94. The number of hydrogen-bond donors (Lipinski definition) is 1. The van der Waals surface area contributed by atoms with Gasteiger partial charge in [0.05, 0.1) is 0 Å². The van der Waals surface area contributed by atoms with Gasteiger partial charge >= 0.3 is 0 Å². The van der Waals surface area contributed by atoms with Crippen LogP contribution in [0.25, 0.3) is 0 Å². The summed E-state index contributed by atoms with van der Waals surface area (Å²) in [4.78, 5) is 11.9. The van der Waals surface area contributed by atoms with E-state index in [2.05, 4.69) is 53.3 Å². The first-order valence-corrected chi connectivity index (χ1v) is 8.96. The fraction of sp³-hybridized carbons (Fsp3) is 0.312. The number of anilines is 1. The highest BCUT2D eigenvalue weighted by molar-refractivity contribution is 8.01. The monoisotopic (exact) mass is 333 g/mol. The summed E-state index contributed by atoms with van der Waals surface area (Å²) in [7, 11) is 0. The number of hydrogen-bond acceptors (Lipinski definition) is 5. The molecule has 1 aromatic heterocycles. The van der Waals surface area contributed by atoms with E-state index in [9.17, 15) is 4.79 Å². The fourth-order valence-electron chi connectivity index (χ4n) is 1.83. The van der Waals surface area contributed by atoms with Gasteiger partial charge in [0.2, 0.25) is 11.0 Å². The predicted octanol–water partition coefficient (Wildman–Crippen LogP) is 3.95. The van der Waals surface area contributed by atoms with E-state index in [1.54, 1.807) is 11.8 Å². The average molecular weight is 333 g/mol. The molecule has 4 nitrogen and oxygen atoms in total. The van der Waals surface area contributed by atoms with Gasteiger partial charge in [-0.05, 0) is 24.0 Å². The van der Waals surface area contributed by atoms with E-state index in [1.807, 2.05) is 6.08 Å². The lowest BCUT2D eigenvalue weighted by Gasteiger charge is -2.03. The molecule has 1 heterocycles. The molecule has 2 rings (SSSR count). The van der Waals surface area contributed by atoms with Crippen molar-refractivity contribution in [2.45, 2.75) is 30.5 Å². The van der Waals surface area contributed by atoms with Gasteiger partial charge in [-0.25, -0.2) is 0 Å². The normalized spacial score (nSPS) is 10.4. The molecule has 1 amide bonds. The highest BCUT2D eigenvalue weighted by atomic mass is 32.2. The van der Waals surface area contributed by atoms with Crippen molar-refractivity contribution in [1.29, 1.82) is 0 Å². The van der Waals surface area contributed by atoms with Crippen LogP contribution in [-0.2, 0) is 17.6 Å². The molecule has 0 aliphatic carbocycles. The van der Waals surface area contributed by atoms with Crippen molar-refractivity contribution in [2.75, 3.05) is 11.1 Å². The van der Waals surface area contributed by atoms with Crippen LogP contribution in [0.1, 0.15) is 24.5 Å². The van der Waals surface area contributed by atoms with E-state index < -0.39 is 0 Å². The molecule has 0 aliphatic heterocycles. The Morgan fingerprint density at radius 2 is 2.05 bits per heavy atom. The molecule has 2 aromatic rings. The standard InChI is InChI=1S/C16H19N3OS2/c1-3-11-21-16-19-18-15(22-16)17-14(20)10-9-13-7-5-12(4-2)6-8-13/h3,5-8H,1,4,9-11H2,2H3,(H,17,18,20). The van der Waals surface area contributed by atoms with Gasteiger partial charge in [0.1, 0.15) is 0 Å². The number of benzene rings is 1. The summed E-state index contributed by atoms with van der Waals surface area (Å²) in [5.74, 6) is 0.757. The van der Waals surface area contributed by atoms with Gasteiger partial charge in [-0.2, -0.15) is 0 Å². The van der Waals surface area contributed by atoms with Crippen molar-refractivity contribution >= 4 is 34.1 Å². The van der Waals surface area contributed by atoms with Crippen molar-refractivity contribution in [3.8, 4) is 0 Å². The van der Waals surface area contributed by atoms with Gasteiger partial charge in [0, 0.05) is 12.2 Å². The van der Waals surface area contributed by atoms with Crippen molar-refractivity contribution in [3.05, 3.63) is 48.0 Å². The number of nitrogens with one attached hydrogen (secondary N) is 1. The summed E-state index contributed by atoms with van der Waals surface area (Å²) in [5, 5.41) is 11.3. The summed E-state index contributed by atoms with van der Waals surface area (Å²) in [5.41, 5.74) is 2.48. The van der Waals surface area contributed by atoms with Crippen molar-refractivity contribution < 1.29 is 4.79 Å². The minimum atomic E-state index is -0.0315. The molecule has 0 spiro atoms. The molecule has 6 heteroatoms. The lowest BCUT2D eigenvalue weighted by molar-refractivity contribution is -0.116. The third kappa shape index (κ3) is 5.27. The first-order chi connectivity index (χ1) is 10.7. The first kappa shape index (κ1) is 16.7. The molecule has 1 aromatic carbocycles.